The molecular formula is C13H10BrClFNO2S. The van der Waals surface area contributed by atoms with Gasteiger partial charge in [0.25, 0.3) is 10.0 Å². The summed E-state index contributed by atoms with van der Waals surface area (Å²) in [6.07, 6.45) is 0. The first kappa shape index (κ1) is 15.3. The van der Waals surface area contributed by atoms with Gasteiger partial charge in [0, 0.05) is 5.02 Å². The SMILES string of the molecule is Cc1cc(F)c(Br)cc1NS(=O)(=O)c1cccc(Cl)c1. The predicted octanol–water partition coefficient (Wildman–Crippen LogP) is 4.35. The average Bonchev–Trinajstić information content (AvgIpc) is 2.36. The number of benzene rings is 2. The van der Waals surface area contributed by atoms with Crippen LogP contribution in [0.2, 0.25) is 5.02 Å². The fourth-order valence-electron chi connectivity index (χ4n) is 1.59. The molecule has 0 aliphatic carbocycles. The van der Waals surface area contributed by atoms with Crippen LogP contribution in [0, 0.1) is 12.7 Å². The Bertz CT molecular complexity index is 765. The Morgan fingerprint density at radius 2 is 1.95 bits per heavy atom. The minimum absolute atomic E-state index is 0.0462. The molecule has 0 aliphatic rings. The van der Waals surface area contributed by atoms with Crippen LogP contribution in [0.3, 0.4) is 0 Å². The van der Waals surface area contributed by atoms with E-state index in [1.807, 2.05) is 0 Å². The van der Waals surface area contributed by atoms with Crippen LogP contribution in [-0.2, 0) is 10.0 Å². The smallest absolute Gasteiger partial charge is 0.261 e. The van der Waals surface area contributed by atoms with E-state index >= 15 is 0 Å². The van der Waals surface area contributed by atoms with Crippen molar-refractivity contribution in [2.45, 2.75) is 11.8 Å². The standard InChI is InChI=1S/C13H10BrClFNO2S/c1-8-5-12(16)11(14)7-13(8)17-20(18,19)10-4-2-3-9(15)6-10/h2-7,17H,1H3. The van der Waals surface area contributed by atoms with Crippen LogP contribution in [0.15, 0.2) is 45.8 Å². The average molecular weight is 379 g/mol. The van der Waals surface area contributed by atoms with Crippen LogP contribution in [0.4, 0.5) is 10.1 Å². The molecule has 2 aromatic rings. The van der Waals surface area contributed by atoms with Gasteiger partial charge in [0.15, 0.2) is 0 Å². The Morgan fingerprint density at radius 1 is 1.25 bits per heavy atom. The molecule has 0 aliphatic heterocycles. The molecule has 2 rings (SSSR count). The van der Waals surface area contributed by atoms with Crippen molar-refractivity contribution in [1.29, 1.82) is 0 Å². The predicted molar refractivity (Wildman–Crippen MR) is 81.1 cm³/mol. The van der Waals surface area contributed by atoms with Crippen LogP contribution < -0.4 is 4.72 Å². The van der Waals surface area contributed by atoms with E-state index in [-0.39, 0.29) is 9.37 Å². The van der Waals surface area contributed by atoms with Crippen molar-refractivity contribution in [3.05, 3.63) is 57.3 Å². The van der Waals surface area contributed by atoms with Crippen molar-refractivity contribution in [3.63, 3.8) is 0 Å². The van der Waals surface area contributed by atoms with Gasteiger partial charge in [-0.2, -0.15) is 0 Å². The summed E-state index contributed by atoms with van der Waals surface area (Å²) < 4.78 is 40.4. The molecule has 0 unspecified atom stereocenters. The van der Waals surface area contributed by atoms with Crippen molar-refractivity contribution in [1.82, 2.24) is 0 Å². The monoisotopic (exact) mass is 377 g/mol. The van der Waals surface area contributed by atoms with Crippen molar-refractivity contribution in [2.75, 3.05) is 4.72 Å². The van der Waals surface area contributed by atoms with Gasteiger partial charge < -0.3 is 0 Å². The maximum Gasteiger partial charge on any atom is 0.261 e. The van der Waals surface area contributed by atoms with Gasteiger partial charge >= 0.3 is 0 Å². The molecule has 0 radical (unpaired) electrons. The van der Waals surface area contributed by atoms with Crippen molar-refractivity contribution >= 4 is 43.2 Å². The number of nitrogens with one attached hydrogen (secondary N) is 1. The van der Waals surface area contributed by atoms with Gasteiger partial charge in [-0.15, -0.1) is 0 Å². The maximum atomic E-state index is 13.3. The Morgan fingerprint density at radius 3 is 2.60 bits per heavy atom. The number of hydrogen-bond acceptors (Lipinski definition) is 2. The molecule has 0 saturated heterocycles. The third-order valence-corrected chi connectivity index (χ3v) is 4.82. The molecule has 0 saturated carbocycles. The highest BCUT2D eigenvalue weighted by Crippen LogP contribution is 2.26. The minimum Gasteiger partial charge on any atom is -0.279 e. The third kappa shape index (κ3) is 3.31. The maximum absolute atomic E-state index is 13.3. The molecule has 1 N–H and O–H groups in total. The summed E-state index contributed by atoms with van der Waals surface area (Å²) in [5.41, 5.74) is 0.787. The summed E-state index contributed by atoms with van der Waals surface area (Å²) in [6.45, 7) is 1.62. The molecule has 0 amide bonds. The molecule has 7 heteroatoms. The molecule has 0 fully saturated rings. The summed E-state index contributed by atoms with van der Waals surface area (Å²) in [7, 11) is -3.77. The number of anilines is 1. The summed E-state index contributed by atoms with van der Waals surface area (Å²) in [5, 5.41) is 0.324. The van der Waals surface area contributed by atoms with Crippen molar-refractivity contribution in [3.8, 4) is 0 Å². The highest BCUT2D eigenvalue weighted by Gasteiger charge is 2.16. The highest BCUT2D eigenvalue weighted by molar-refractivity contribution is 9.10. The second-order valence-corrected chi connectivity index (χ2v) is 7.12. The van der Waals surface area contributed by atoms with E-state index in [0.29, 0.717) is 16.3 Å². The molecule has 0 spiro atoms. The Hall–Kier alpha value is -1.11. The summed E-state index contributed by atoms with van der Waals surface area (Å²) in [6, 6.07) is 8.54. The van der Waals surface area contributed by atoms with E-state index in [4.69, 9.17) is 11.6 Å². The molecule has 20 heavy (non-hydrogen) atoms. The Labute approximate surface area is 130 Å². The fraction of sp³-hybridized carbons (Fsp3) is 0.0769. The lowest BCUT2D eigenvalue weighted by molar-refractivity contribution is 0.600. The zero-order valence-electron chi connectivity index (χ0n) is 10.3. The van der Waals surface area contributed by atoms with E-state index in [2.05, 4.69) is 20.7 Å². The number of sulfonamides is 1. The van der Waals surface area contributed by atoms with Gasteiger partial charge in [-0.1, -0.05) is 17.7 Å². The lowest BCUT2D eigenvalue weighted by Gasteiger charge is -2.11. The van der Waals surface area contributed by atoms with Crippen LogP contribution >= 0.6 is 27.5 Å². The van der Waals surface area contributed by atoms with E-state index in [9.17, 15) is 12.8 Å². The molecule has 2 aromatic carbocycles. The van der Waals surface area contributed by atoms with Gasteiger partial charge in [-0.25, -0.2) is 12.8 Å². The first-order valence-corrected chi connectivity index (χ1v) is 8.19. The Balaban J connectivity index is 2.41. The highest BCUT2D eigenvalue weighted by atomic mass is 79.9. The zero-order valence-corrected chi connectivity index (χ0v) is 13.5. The fourth-order valence-corrected chi connectivity index (χ4v) is 3.36. The second kappa shape index (κ2) is 5.71. The first-order chi connectivity index (χ1) is 9.29. The molecule has 106 valence electrons. The van der Waals surface area contributed by atoms with Gasteiger partial charge in [0.05, 0.1) is 15.1 Å². The molecule has 3 nitrogen and oxygen atoms in total. The number of halogens is 3. The molecular weight excluding hydrogens is 369 g/mol. The van der Waals surface area contributed by atoms with Gasteiger partial charge in [0.1, 0.15) is 5.82 Å². The summed E-state index contributed by atoms with van der Waals surface area (Å²) in [5.74, 6) is -0.451. The van der Waals surface area contributed by atoms with Crippen LogP contribution in [0.5, 0.6) is 0 Å². The summed E-state index contributed by atoms with van der Waals surface area (Å²) in [4.78, 5) is 0.0462. The molecule has 0 bridgehead atoms. The summed E-state index contributed by atoms with van der Waals surface area (Å²) >= 11 is 8.81. The van der Waals surface area contributed by atoms with Crippen molar-refractivity contribution in [2.24, 2.45) is 0 Å². The van der Waals surface area contributed by atoms with E-state index in [1.54, 1.807) is 19.1 Å². The van der Waals surface area contributed by atoms with Gasteiger partial charge in [-0.3, -0.25) is 4.72 Å². The van der Waals surface area contributed by atoms with E-state index in [0.717, 1.165) is 0 Å². The van der Waals surface area contributed by atoms with Gasteiger partial charge in [0.2, 0.25) is 0 Å². The lowest BCUT2D eigenvalue weighted by atomic mass is 10.2. The van der Waals surface area contributed by atoms with Gasteiger partial charge in [-0.05, 0) is 58.7 Å². The zero-order chi connectivity index (χ0) is 14.9. The van der Waals surface area contributed by atoms with E-state index in [1.165, 1.54) is 24.3 Å². The number of hydrogen-bond donors (Lipinski definition) is 1. The van der Waals surface area contributed by atoms with Crippen LogP contribution in [0.1, 0.15) is 5.56 Å². The van der Waals surface area contributed by atoms with Crippen molar-refractivity contribution < 1.29 is 12.8 Å². The topological polar surface area (TPSA) is 46.2 Å². The Kier molecular flexibility index (Phi) is 4.36. The molecule has 0 aromatic heterocycles. The first-order valence-electron chi connectivity index (χ1n) is 5.53. The largest absolute Gasteiger partial charge is 0.279 e. The minimum atomic E-state index is -3.77. The normalized spacial score (nSPS) is 11.4. The number of aryl methyl sites for hydroxylation is 1. The molecule has 0 atom stereocenters. The van der Waals surface area contributed by atoms with E-state index < -0.39 is 15.8 Å². The van der Waals surface area contributed by atoms with Crippen LogP contribution in [0.25, 0.3) is 0 Å². The molecule has 0 heterocycles. The third-order valence-electron chi connectivity index (χ3n) is 2.62. The lowest BCUT2D eigenvalue weighted by Crippen LogP contribution is -2.14. The number of rotatable bonds is 3. The quantitative estimate of drug-likeness (QED) is 0.863. The second-order valence-electron chi connectivity index (χ2n) is 4.14. The van der Waals surface area contributed by atoms with Crippen LogP contribution in [-0.4, -0.2) is 8.42 Å².